The van der Waals surface area contributed by atoms with Crippen molar-refractivity contribution in [2.75, 3.05) is 0 Å². The lowest BCUT2D eigenvalue weighted by atomic mass is 10.4. The molecule has 0 unspecified atom stereocenters. The molecule has 1 aromatic heterocycles. The standard InChI is InChI=1S/C11H10OS/c1-9-11(7-8-12-9)13-10-5-3-2-4-6-10/h2-8H,1H3. The van der Waals surface area contributed by atoms with Gasteiger partial charge in [0.05, 0.1) is 11.2 Å². The maximum atomic E-state index is 5.22. The summed E-state index contributed by atoms with van der Waals surface area (Å²) in [7, 11) is 0. The Hall–Kier alpha value is -1.15. The molecule has 66 valence electrons. The van der Waals surface area contributed by atoms with E-state index < -0.39 is 0 Å². The van der Waals surface area contributed by atoms with Crippen molar-refractivity contribution in [1.29, 1.82) is 0 Å². The SMILES string of the molecule is Cc1occc1Sc1ccccc1. The van der Waals surface area contributed by atoms with Gasteiger partial charge >= 0.3 is 0 Å². The van der Waals surface area contributed by atoms with Crippen molar-refractivity contribution < 1.29 is 4.42 Å². The van der Waals surface area contributed by atoms with E-state index in [1.807, 2.05) is 31.2 Å². The van der Waals surface area contributed by atoms with Crippen LogP contribution in [0.1, 0.15) is 5.76 Å². The van der Waals surface area contributed by atoms with Gasteiger partial charge in [0, 0.05) is 4.90 Å². The summed E-state index contributed by atoms with van der Waals surface area (Å²) in [5.74, 6) is 0.980. The lowest BCUT2D eigenvalue weighted by Gasteiger charge is -1.97. The number of rotatable bonds is 2. The zero-order valence-corrected chi connectivity index (χ0v) is 8.17. The average molecular weight is 190 g/mol. The minimum Gasteiger partial charge on any atom is -0.468 e. The molecular weight excluding hydrogens is 180 g/mol. The largest absolute Gasteiger partial charge is 0.468 e. The molecule has 2 rings (SSSR count). The van der Waals surface area contributed by atoms with Gasteiger partial charge in [-0.1, -0.05) is 30.0 Å². The first-order valence-electron chi connectivity index (χ1n) is 4.13. The summed E-state index contributed by atoms with van der Waals surface area (Å²) >= 11 is 1.73. The summed E-state index contributed by atoms with van der Waals surface area (Å²) in [4.78, 5) is 2.43. The van der Waals surface area contributed by atoms with E-state index in [0.717, 1.165) is 5.76 Å². The normalized spacial score (nSPS) is 10.2. The number of hydrogen-bond acceptors (Lipinski definition) is 2. The van der Waals surface area contributed by atoms with Gasteiger partial charge in [-0.3, -0.25) is 0 Å². The molecular formula is C11H10OS. The molecule has 0 aliphatic rings. The highest BCUT2D eigenvalue weighted by molar-refractivity contribution is 7.99. The topological polar surface area (TPSA) is 13.1 Å². The predicted octanol–water partition coefficient (Wildman–Crippen LogP) is 3.74. The molecule has 0 N–H and O–H groups in total. The van der Waals surface area contributed by atoms with E-state index in [9.17, 15) is 0 Å². The van der Waals surface area contributed by atoms with E-state index in [2.05, 4.69) is 12.1 Å². The molecule has 2 aromatic rings. The monoisotopic (exact) mass is 190 g/mol. The molecule has 1 nitrogen and oxygen atoms in total. The fourth-order valence-corrected chi connectivity index (χ4v) is 1.96. The van der Waals surface area contributed by atoms with Crippen LogP contribution in [0.2, 0.25) is 0 Å². The van der Waals surface area contributed by atoms with Crippen LogP contribution < -0.4 is 0 Å². The number of hydrogen-bond donors (Lipinski definition) is 0. The maximum absolute atomic E-state index is 5.22. The molecule has 0 fully saturated rings. The molecule has 0 spiro atoms. The third-order valence-corrected chi connectivity index (χ3v) is 2.93. The second-order valence-electron chi connectivity index (χ2n) is 2.76. The summed E-state index contributed by atoms with van der Waals surface area (Å²) < 4.78 is 5.22. The summed E-state index contributed by atoms with van der Waals surface area (Å²) in [5, 5.41) is 0. The smallest absolute Gasteiger partial charge is 0.114 e. The van der Waals surface area contributed by atoms with Crippen LogP contribution in [0.4, 0.5) is 0 Å². The van der Waals surface area contributed by atoms with E-state index in [4.69, 9.17) is 4.42 Å². The van der Waals surface area contributed by atoms with Crippen LogP contribution in [0.3, 0.4) is 0 Å². The Morgan fingerprint density at radius 1 is 1.08 bits per heavy atom. The molecule has 0 atom stereocenters. The van der Waals surface area contributed by atoms with Gasteiger partial charge in [0.1, 0.15) is 5.76 Å². The quantitative estimate of drug-likeness (QED) is 0.715. The van der Waals surface area contributed by atoms with Gasteiger partial charge in [0.2, 0.25) is 0 Å². The number of benzene rings is 1. The van der Waals surface area contributed by atoms with Gasteiger partial charge in [-0.15, -0.1) is 0 Å². The molecule has 0 aliphatic carbocycles. The first kappa shape index (κ1) is 8.45. The van der Waals surface area contributed by atoms with Crippen LogP contribution in [0.5, 0.6) is 0 Å². The molecule has 0 aliphatic heterocycles. The minimum absolute atomic E-state index is 0.980. The Bertz CT molecular complexity index is 378. The van der Waals surface area contributed by atoms with Gasteiger partial charge in [0.15, 0.2) is 0 Å². The van der Waals surface area contributed by atoms with Crippen molar-refractivity contribution in [2.24, 2.45) is 0 Å². The lowest BCUT2D eigenvalue weighted by molar-refractivity contribution is 0.527. The van der Waals surface area contributed by atoms with E-state index in [1.54, 1.807) is 18.0 Å². The average Bonchev–Trinajstić information content (AvgIpc) is 2.54. The highest BCUT2D eigenvalue weighted by Gasteiger charge is 2.02. The second-order valence-corrected chi connectivity index (χ2v) is 3.87. The predicted molar refractivity (Wildman–Crippen MR) is 54.0 cm³/mol. The van der Waals surface area contributed by atoms with E-state index in [0.29, 0.717) is 0 Å². The zero-order chi connectivity index (χ0) is 9.10. The summed E-state index contributed by atoms with van der Waals surface area (Å²) in [6.07, 6.45) is 1.72. The summed E-state index contributed by atoms with van der Waals surface area (Å²) in [6.45, 7) is 1.98. The van der Waals surface area contributed by atoms with Gasteiger partial charge in [-0.25, -0.2) is 0 Å². The Morgan fingerprint density at radius 3 is 2.46 bits per heavy atom. The van der Waals surface area contributed by atoms with Crippen LogP contribution in [-0.4, -0.2) is 0 Å². The van der Waals surface area contributed by atoms with Gasteiger partial charge in [0.25, 0.3) is 0 Å². The van der Waals surface area contributed by atoms with Crippen LogP contribution in [-0.2, 0) is 0 Å². The molecule has 0 saturated heterocycles. The van der Waals surface area contributed by atoms with Crippen molar-refractivity contribution in [3.8, 4) is 0 Å². The van der Waals surface area contributed by atoms with Crippen molar-refractivity contribution in [3.05, 3.63) is 48.4 Å². The summed E-state index contributed by atoms with van der Waals surface area (Å²) in [6, 6.07) is 12.3. The number of furan rings is 1. The van der Waals surface area contributed by atoms with Gasteiger partial charge < -0.3 is 4.42 Å². The lowest BCUT2D eigenvalue weighted by Crippen LogP contribution is -1.71. The summed E-state index contributed by atoms with van der Waals surface area (Å²) in [5.41, 5.74) is 0. The zero-order valence-electron chi connectivity index (χ0n) is 7.36. The molecule has 0 bridgehead atoms. The third kappa shape index (κ3) is 1.95. The highest BCUT2D eigenvalue weighted by Crippen LogP contribution is 2.30. The Morgan fingerprint density at radius 2 is 1.85 bits per heavy atom. The maximum Gasteiger partial charge on any atom is 0.114 e. The second kappa shape index (κ2) is 3.71. The van der Waals surface area contributed by atoms with Crippen LogP contribution in [0.15, 0.2) is 56.9 Å². The highest BCUT2D eigenvalue weighted by atomic mass is 32.2. The van der Waals surface area contributed by atoms with Crippen molar-refractivity contribution in [1.82, 2.24) is 0 Å². The molecule has 0 radical (unpaired) electrons. The fraction of sp³-hybridized carbons (Fsp3) is 0.0909. The van der Waals surface area contributed by atoms with Crippen LogP contribution in [0.25, 0.3) is 0 Å². The Labute approximate surface area is 81.8 Å². The van der Waals surface area contributed by atoms with E-state index >= 15 is 0 Å². The molecule has 13 heavy (non-hydrogen) atoms. The molecule has 0 saturated carbocycles. The van der Waals surface area contributed by atoms with Crippen molar-refractivity contribution in [2.45, 2.75) is 16.7 Å². The van der Waals surface area contributed by atoms with Crippen LogP contribution >= 0.6 is 11.8 Å². The molecule has 0 amide bonds. The van der Waals surface area contributed by atoms with Gasteiger partial charge in [-0.2, -0.15) is 0 Å². The first-order valence-corrected chi connectivity index (χ1v) is 4.95. The fourth-order valence-electron chi connectivity index (χ4n) is 1.09. The van der Waals surface area contributed by atoms with Crippen molar-refractivity contribution >= 4 is 11.8 Å². The van der Waals surface area contributed by atoms with E-state index in [1.165, 1.54) is 9.79 Å². The molecule has 1 heterocycles. The van der Waals surface area contributed by atoms with Gasteiger partial charge in [-0.05, 0) is 25.1 Å². The Balaban J connectivity index is 2.20. The van der Waals surface area contributed by atoms with Crippen molar-refractivity contribution in [3.63, 3.8) is 0 Å². The molecule has 2 heteroatoms. The molecule has 1 aromatic carbocycles. The first-order chi connectivity index (χ1) is 6.36. The Kier molecular flexibility index (Phi) is 2.41. The van der Waals surface area contributed by atoms with Crippen LogP contribution in [0, 0.1) is 6.92 Å². The van der Waals surface area contributed by atoms with E-state index in [-0.39, 0.29) is 0 Å². The number of aryl methyl sites for hydroxylation is 1. The minimum atomic E-state index is 0.980. The third-order valence-electron chi connectivity index (χ3n) is 1.78.